The second-order valence-electron chi connectivity index (χ2n) is 4.67. The van der Waals surface area contributed by atoms with Crippen LogP contribution in [0, 0.1) is 17.5 Å². The van der Waals surface area contributed by atoms with Gasteiger partial charge in [0.15, 0.2) is 0 Å². The maximum Gasteiger partial charge on any atom is 0.137 e. The summed E-state index contributed by atoms with van der Waals surface area (Å²) in [5.74, 6) is -2.62. The summed E-state index contributed by atoms with van der Waals surface area (Å²) in [4.78, 5) is 1.51. The van der Waals surface area contributed by atoms with Crippen molar-refractivity contribution in [3.05, 3.63) is 46.6 Å². The van der Waals surface area contributed by atoms with Crippen molar-refractivity contribution in [2.24, 2.45) is 0 Å². The van der Waals surface area contributed by atoms with E-state index < -0.39 is 17.5 Å². The SMILES string of the molecule is Fc1cc(F)c(-c2ccc(CNC3CC3)s2)c(F)c1. The molecule has 1 heterocycles. The first kappa shape index (κ1) is 12.7. The minimum atomic E-state index is -0.897. The van der Waals surface area contributed by atoms with Crippen molar-refractivity contribution in [2.75, 3.05) is 0 Å². The maximum absolute atomic E-state index is 13.6. The van der Waals surface area contributed by atoms with Crippen LogP contribution in [0.25, 0.3) is 10.4 Å². The van der Waals surface area contributed by atoms with E-state index in [9.17, 15) is 13.2 Å². The van der Waals surface area contributed by atoms with Crippen molar-refractivity contribution in [1.29, 1.82) is 0 Å². The van der Waals surface area contributed by atoms with Crippen LogP contribution in [0.4, 0.5) is 13.2 Å². The molecule has 1 N–H and O–H groups in total. The lowest BCUT2D eigenvalue weighted by atomic mass is 10.1. The molecule has 19 heavy (non-hydrogen) atoms. The number of hydrogen-bond donors (Lipinski definition) is 1. The number of nitrogens with one attached hydrogen (secondary N) is 1. The van der Waals surface area contributed by atoms with E-state index in [0.29, 0.717) is 29.6 Å². The van der Waals surface area contributed by atoms with Crippen LogP contribution in [-0.4, -0.2) is 6.04 Å². The first-order valence-corrected chi connectivity index (χ1v) is 6.92. The van der Waals surface area contributed by atoms with Gasteiger partial charge in [0, 0.05) is 34.5 Å². The predicted molar refractivity (Wildman–Crippen MR) is 69.5 cm³/mol. The number of hydrogen-bond acceptors (Lipinski definition) is 2. The summed E-state index contributed by atoms with van der Waals surface area (Å²) in [6.45, 7) is 0.708. The molecule has 1 nitrogen and oxygen atoms in total. The molecule has 1 aliphatic rings. The smallest absolute Gasteiger partial charge is 0.137 e. The molecule has 0 amide bonds. The number of benzene rings is 1. The Labute approximate surface area is 113 Å². The van der Waals surface area contributed by atoms with Crippen LogP contribution in [0.1, 0.15) is 17.7 Å². The molecular formula is C14H12F3NS. The molecule has 1 fully saturated rings. The normalized spacial score (nSPS) is 14.9. The molecule has 2 aromatic rings. The van der Waals surface area contributed by atoms with Crippen LogP contribution >= 0.6 is 11.3 Å². The maximum atomic E-state index is 13.6. The lowest BCUT2D eigenvalue weighted by Gasteiger charge is -2.02. The van der Waals surface area contributed by atoms with Crippen LogP contribution in [0.3, 0.4) is 0 Å². The average molecular weight is 283 g/mol. The molecule has 0 atom stereocenters. The van der Waals surface area contributed by atoms with Crippen LogP contribution in [0.2, 0.25) is 0 Å². The summed E-state index contributed by atoms with van der Waals surface area (Å²) in [5.41, 5.74) is -0.149. The van der Waals surface area contributed by atoms with Gasteiger partial charge in [-0.1, -0.05) is 0 Å². The minimum Gasteiger partial charge on any atom is -0.309 e. The summed E-state index contributed by atoms with van der Waals surface area (Å²) in [7, 11) is 0. The van der Waals surface area contributed by atoms with Crippen molar-refractivity contribution >= 4 is 11.3 Å². The van der Waals surface area contributed by atoms with Crippen molar-refractivity contribution in [2.45, 2.75) is 25.4 Å². The van der Waals surface area contributed by atoms with Crippen LogP contribution in [0.15, 0.2) is 24.3 Å². The van der Waals surface area contributed by atoms with E-state index in [1.807, 2.05) is 6.07 Å². The van der Waals surface area contributed by atoms with Crippen molar-refractivity contribution in [3.63, 3.8) is 0 Å². The standard InChI is InChI=1S/C14H12F3NS/c15-8-5-11(16)14(12(17)6-8)13-4-3-10(19-13)7-18-9-1-2-9/h3-6,9,18H,1-2,7H2. The van der Waals surface area contributed by atoms with Gasteiger partial charge in [0.05, 0.1) is 5.56 Å². The molecule has 0 radical (unpaired) electrons. The third-order valence-corrected chi connectivity index (χ3v) is 4.16. The van der Waals surface area contributed by atoms with Gasteiger partial charge >= 0.3 is 0 Å². The molecule has 1 aliphatic carbocycles. The summed E-state index contributed by atoms with van der Waals surface area (Å²) in [5, 5.41) is 3.34. The van der Waals surface area contributed by atoms with Gasteiger partial charge in [0.1, 0.15) is 17.5 Å². The summed E-state index contributed by atoms with van der Waals surface area (Å²) in [6.07, 6.45) is 2.39. The van der Waals surface area contributed by atoms with Gasteiger partial charge in [-0.25, -0.2) is 13.2 Å². The van der Waals surface area contributed by atoms with E-state index in [1.165, 1.54) is 24.2 Å². The highest BCUT2D eigenvalue weighted by Gasteiger charge is 2.21. The first-order valence-electron chi connectivity index (χ1n) is 6.10. The molecule has 0 spiro atoms. The molecule has 1 aromatic carbocycles. The fraction of sp³-hybridized carbons (Fsp3) is 0.286. The Bertz CT molecular complexity index is 581. The lowest BCUT2D eigenvalue weighted by Crippen LogP contribution is -2.14. The van der Waals surface area contributed by atoms with Gasteiger partial charge in [-0.05, 0) is 25.0 Å². The zero-order chi connectivity index (χ0) is 13.4. The lowest BCUT2D eigenvalue weighted by molar-refractivity contribution is 0.548. The molecule has 3 rings (SSSR count). The summed E-state index contributed by atoms with van der Waals surface area (Å²) >= 11 is 1.32. The second kappa shape index (κ2) is 4.98. The van der Waals surface area contributed by atoms with Crippen molar-refractivity contribution in [3.8, 4) is 10.4 Å². The minimum absolute atomic E-state index is 0.149. The average Bonchev–Trinajstić information content (AvgIpc) is 3.05. The highest BCUT2D eigenvalue weighted by atomic mass is 32.1. The van der Waals surface area contributed by atoms with Gasteiger partial charge in [0.25, 0.3) is 0 Å². The second-order valence-corrected chi connectivity index (χ2v) is 5.83. The number of rotatable bonds is 4. The highest BCUT2D eigenvalue weighted by Crippen LogP contribution is 2.33. The largest absolute Gasteiger partial charge is 0.309 e. The Morgan fingerprint density at radius 3 is 2.42 bits per heavy atom. The van der Waals surface area contributed by atoms with Crippen LogP contribution < -0.4 is 5.32 Å². The van der Waals surface area contributed by atoms with Gasteiger partial charge in [-0.15, -0.1) is 11.3 Å². The Morgan fingerprint density at radius 1 is 1.11 bits per heavy atom. The van der Waals surface area contributed by atoms with E-state index in [4.69, 9.17) is 0 Å². The molecule has 5 heteroatoms. The third kappa shape index (κ3) is 2.82. The fourth-order valence-electron chi connectivity index (χ4n) is 1.92. The molecule has 1 aromatic heterocycles. The van der Waals surface area contributed by atoms with E-state index in [-0.39, 0.29) is 5.56 Å². The first-order chi connectivity index (χ1) is 9.13. The highest BCUT2D eigenvalue weighted by molar-refractivity contribution is 7.15. The molecule has 0 bridgehead atoms. The zero-order valence-electron chi connectivity index (χ0n) is 10.1. The molecule has 1 saturated carbocycles. The Kier molecular flexibility index (Phi) is 3.33. The Morgan fingerprint density at radius 2 is 1.79 bits per heavy atom. The van der Waals surface area contributed by atoms with Crippen molar-refractivity contribution < 1.29 is 13.2 Å². The van der Waals surface area contributed by atoms with Gasteiger partial charge in [-0.2, -0.15) is 0 Å². The molecule has 0 saturated heterocycles. The molecular weight excluding hydrogens is 271 g/mol. The Balaban J connectivity index is 1.85. The van der Waals surface area contributed by atoms with Gasteiger partial charge in [0.2, 0.25) is 0 Å². The summed E-state index contributed by atoms with van der Waals surface area (Å²) in [6, 6.07) is 5.52. The van der Waals surface area contributed by atoms with Gasteiger partial charge < -0.3 is 5.32 Å². The van der Waals surface area contributed by atoms with Gasteiger partial charge in [-0.3, -0.25) is 0 Å². The van der Waals surface area contributed by atoms with E-state index in [1.54, 1.807) is 6.07 Å². The van der Waals surface area contributed by atoms with E-state index in [0.717, 1.165) is 4.88 Å². The topological polar surface area (TPSA) is 12.0 Å². The summed E-state index contributed by atoms with van der Waals surface area (Å²) < 4.78 is 40.1. The molecule has 0 aliphatic heterocycles. The Hall–Kier alpha value is -1.33. The predicted octanol–water partition coefficient (Wildman–Crippen LogP) is 4.08. The molecule has 0 unspecified atom stereocenters. The quantitative estimate of drug-likeness (QED) is 0.891. The van der Waals surface area contributed by atoms with E-state index >= 15 is 0 Å². The monoisotopic (exact) mass is 283 g/mol. The van der Waals surface area contributed by atoms with Crippen LogP contribution in [0.5, 0.6) is 0 Å². The van der Waals surface area contributed by atoms with Crippen LogP contribution in [-0.2, 0) is 6.54 Å². The number of thiophene rings is 1. The fourth-order valence-corrected chi connectivity index (χ4v) is 2.92. The zero-order valence-corrected chi connectivity index (χ0v) is 10.9. The third-order valence-electron chi connectivity index (χ3n) is 3.06. The molecule has 100 valence electrons. The van der Waals surface area contributed by atoms with E-state index in [2.05, 4.69) is 5.32 Å². The number of halogens is 3. The van der Waals surface area contributed by atoms with Crippen molar-refractivity contribution in [1.82, 2.24) is 5.32 Å².